The van der Waals surface area contributed by atoms with Crippen LogP contribution in [0.1, 0.15) is 16.2 Å². The Kier molecular flexibility index (Phi) is 6.78. The number of carbonyl (C=O) groups excluding carboxylic acids is 1. The number of nitrogens with one attached hydrogen (secondary N) is 2. The molecule has 0 spiro atoms. The number of benzene rings is 1. The fourth-order valence-electron chi connectivity index (χ4n) is 3.04. The third kappa shape index (κ3) is 5.40. The van der Waals surface area contributed by atoms with E-state index in [1.54, 1.807) is 13.2 Å². The van der Waals surface area contributed by atoms with E-state index in [1.165, 1.54) is 5.69 Å². The zero-order valence-electron chi connectivity index (χ0n) is 16.7. The van der Waals surface area contributed by atoms with E-state index in [0.29, 0.717) is 24.8 Å². The van der Waals surface area contributed by atoms with Gasteiger partial charge in [0.15, 0.2) is 0 Å². The highest BCUT2D eigenvalue weighted by atomic mass is 16.5. The maximum absolute atomic E-state index is 12.6. The second-order valence-electron chi connectivity index (χ2n) is 6.93. The van der Waals surface area contributed by atoms with E-state index in [9.17, 15) is 4.79 Å². The standard InChI is InChI=1S/C20H28N6O2/c1-15-14-18(24-20(22-15)21-8-13-28-3)19(27)23-16-4-6-17(7-5-16)26-11-9-25(2)10-12-26/h4-7,14H,8-13H2,1-3H3,(H,23,27)(H,21,22,24). The van der Waals surface area contributed by atoms with Gasteiger partial charge >= 0.3 is 0 Å². The van der Waals surface area contributed by atoms with E-state index in [1.807, 2.05) is 31.2 Å². The average Bonchev–Trinajstić information content (AvgIpc) is 2.69. The van der Waals surface area contributed by atoms with Crippen LogP contribution in [-0.2, 0) is 4.74 Å². The Hall–Kier alpha value is -2.71. The minimum Gasteiger partial charge on any atom is -0.383 e. The van der Waals surface area contributed by atoms with Gasteiger partial charge in [0.25, 0.3) is 5.91 Å². The maximum atomic E-state index is 12.6. The van der Waals surface area contributed by atoms with Crippen LogP contribution in [0.3, 0.4) is 0 Å². The lowest BCUT2D eigenvalue weighted by atomic mass is 10.2. The summed E-state index contributed by atoms with van der Waals surface area (Å²) in [6.45, 7) is 7.11. The summed E-state index contributed by atoms with van der Waals surface area (Å²) in [6, 6.07) is 9.62. The van der Waals surface area contributed by atoms with Crippen LogP contribution in [0.2, 0.25) is 0 Å². The van der Waals surface area contributed by atoms with Gasteiger partial charge in [-0.15, -0.1) is 0 Å². The van der Waals surface area contributed by atoms with Gasteiger partial charge in [0, 0.05) is 56.9 Å². The molecule has 0 saturated carbocycles. The molecule has 2 aromatic rings. The van der Waals surface area contributed by atoms with Crippen molar-refractivity contribution in [1.29, 1.82) is 0 Å². The van der Waals surface area contributed by atoms with Crippen LogP contribution in [-0.4, -0.2) is 74.3 Å². The molecule has 3 rings (SSSR count). The van der Waals surface area contributed by atoms with E-state index in [4.69, 9.17) is 4.74 Å². The molecule has 1 amide bonds. The van der Waals surface area contributed by atoms with Crippen molar-refractivity contribution in [2.45, 2.75) is 6.92 Å². The minimum absolute atomic E-state index is 0.257. The van der Waals surface area contributed by atoms with Gasteiger partial charge in [0.2, 0.25) is 5.95 Å². The molecule has 1 aliphatic rings. The van der Waals surface area contributed by atoms with Gasteiger partial charge in [-0.05, 0) is 44.3 Å². The first kappa shape index (κ1) is 20.0. The monoisotopic (exact) mass is 384 g/mol. The third-order valence-corrected chi connectivity index (χ3v) is 4.67. The van der Waals surface area contributed by atoms with Gasteiger partial charge in [0.1, 0.15) is 5.69 Å². The fourth-order valence-corrected chi connectivity index (χ4v) is 3.04. The first-order valence-corrected chi connectivity index (χ1v) is 9.48. The van der Waals surface area contributed by atoms with Gasteiger partial charge in [-0.2, -0.15) is 0 Å². The largest absolute Gasteiger partial charge is 0.383 e. The number of methoxy groups -OCH3 is 1. The number of piperazine rings is 1. The molecule has 1 aromatic heterocycles. The van der Waals surface area contributed by atoms with E-state index >= 15 is 0 Å². The molecule has 0 atom stereocenters. The maximum Gasteiger partial charge on any atom is 0.274 e. The van der Waals surface area contributed by atoms with Crippen LogP contribution in [0.15, 0.2) is 30.3 Å². The molecule has 1 saturated heterocycles. The third-order valence-electron chi connectivity index (χ3n) is 4.67. The highest BCUT2D eigenvalue weighted by molar-refractivity contribution is 6.03. The molecular formula is C20H28N6O2. The van der Waals surface area contributed by atoms with Crippen LogP contribution < -0.4 is 15.5 Å². The smallest absolute Gasteiger partial charge is 0.274 e. The SMILES string of the molecule is COCCNc1nc(C)cc(C(=O)Nc2ccc(N3CCN(C)CC3)cc2)n1. The summed E-state index contributed by atoms with van der Waals surface area (Å²) >= 11 is 0. The van der Waals surface area contributed by atoms with Gasteiger partial charge < -0.3 is 25.2 Å². The quantitative estimate of drug-likeness (QED) is 0.705. The summed E-state index contributed by atoms with van der Waals surface area (Å²) in [6.07, 6.45) is 0. The van der Waals surface area contributed by atoms with Crippen molar-refractivity contribution < 1.29 is 9.53 Å². The lowest BCUT2D eigenvalue weighted by Crippen LogP contribution is -2.44. The van der Waals surface area contributed by atoms with Crippen molar-refractivity contribution in [3.05, 3.63) is 41.7 Å². The molecular weight excluding hydrogens is 356 g/mol. The number of nitrogens with zero attached hydrogens (tertiary/aromatic N) is 4. The summed E-state index contributed by atoms with van der Waals surface area (Å²) < 4.78 is 5.01. The van der Waals surface area contributed by atoms with Gasteiger partial charge in [-0.25, -0.2) is 9.97 Å². The van der Waals surface area contributed by atoms with Crippen molar-refractivity contribution in [2.75, 3.05) is 69.0 Å². The Balaban J connectivity index is 1.62. The molecule has 28 heavy (non-hydrogen) atoms. The number of likely N-dealkylation sites (N-methyl/N-ethyl adjacent to an activating group) is 1. The second-order valence-corrected chi connectivity index (χ2v) is 6.93. The van der Waals surface area contributed by atoms with Crippen molar-refractivity contribution in [2.24, 2.45) is 0 Å². The highest BCUT2D eigenvalue weighted by Gasteiger charge is 2.15. The van der Waals surface area contributed by atoms with Gasteiger partial charge in [0.05, 0.1) is 6.61 Å². The topological polar surface area (TPSA) is 82.6 Å². The zero-order chi connectivity index (χ0) is 19.9. The number of aryl methyl sites for hydroxylation is 1. The molecule has 2 N–H and O–H groups in total. The minimum atomic E-state index is -0.257. The summed E-state index contributed by atoms with van der Waals surface area (Å²) in [5.41, 5.74) is 2.97. The van der Waals surface area contributed by atoms with Crippen LogP contribution in [0.5, 0.6) is 0 Å². The Morgan fingerprint density at radius 2 is 1.86 bits per heavy atom. The summed E-state index contributed by atoms with van der Waals surface area (Å²) in [4.78, 5) is 25.9. The lowest BCUT2D eigenvalue weighted by molar-refractivity contribution is 0.102. The summed E-state index contributed by atoms with van der Waals surface area (Å²) in [5, 5.41) is 5.96. The van der Waals surface area contributed by atoms with Gasteiger partial charge in [-0.3, -0.25) is 4.79 Å². The molecule has 0 bridgehead atoms. The van der Waals surface area contributed by atoms with Crippen LogP contribution >= 0.6 is 0 Å². The predicted molar refractivity (Wildman–Crippen MR) is 111 cm³/mol. The number of carbonyl (C=O) groups is 1. The first-order chi connectivity index (χ1) is 13.5. The number of aromatic nitrogens is 2. The van der Waals surface area contributed by atoms with E-state index < -0.39 is 0 Å². The van der Waals surface area contributed by atoms with Gasteiger partial charge in [-0.1, -0.05) is 0 Å². The Morgan fingerprint density at radius 1 is 1.14 bits per heavy atom. The number of hydrogen-bond acceptors (Lipinski definition) is 7. The van der Waals surface area contributed by atoms with Crippen molar-refractivity contribution in [3.8, 4) is 0 Å². The molecule has 150 valence electrons. The number of amides is 1. The Bertz CT molecular complexity index is 788. The van der Waals surface area contributed by atoms with Crippen LogP contribution in [0.4, 0.5) is 17.3 Å². The number of ether oxygens (including phenoxy) is 1. The molecule has 0 aliphatic carbocycles. The normalized spacial score (nSPS) is 14.8. The fraction of sp³-hybridized carbons (Fsp3) is 0.450. The first-order valence-electron chi connectivity index (χ1n) is 9.48. The van der Waals surface area contributed by atoms with E-state index in [2.05, 4.69) is 37.4 Å². The predicted octanol–water partition coefficient (Wildman–Crippen LogP) is 1.85. The number of anilines is 3. The lowest BCUT2D eigenvalue weighted by Gasteiger charge is -2.34. The summed E-state index contributed by atoms with van der Waals surface area (Å²) in [5.74, 6) is 0.167. The molecule has 8 heteroatoms. The van der Waals surface area contributed by atoms with Crippen LogP contribution in [0, 0.1) is 6.92 Å². The second kappa shape index (κ2) is 9.48. The summed E-state index contributed by atoms with van der Waals surface area (Å²) in [7, 11) is 3.77. The Labute approximate surface area is 165 Å². The van der Waals surface area contributed by atoms with Crippen molar-refractivity contribution in [3.63, 3.8) is 0 Å². The number of rotatable bonds is 7. The van der Waals surface area contributed by atoms with E-state index in [-0.39, 0.29) is 5.91 Å². The van der Waals surface area contributed by atoms with Crippen molar-refractivity contribution >= 4 is 23.2 Å². The molecule has 8 nitrogen and oxygen atoms in total. The average molecular weight is 384 g/mol. The van der Waals surface area contributed by atoms with E-state index in [0.717, 1.165) is 37.6 Å². The zero-order valence-corrected chi connectivity index (χ0v) is 16.7. The number of hydrogen-bond donors (Lipinski definition) is 2. The molecule has 0 unspecified atom stereocenters. The highest BCUT2D eigenvalue weighted by Crippen LogP contribution is 2.20. The molecule has 1 aromatic carbocycles. The molecule has 1 fully saturated rings. The Morgan fingerprint density at radius 3 is 2.54 bits per heavy atom. The van der Waals surface area contributed by atoms with Crippen LogP contribution in [0.25, 0.3) is 0 Å². The molecule has 0 radical (unpaired) electrons. The molecule has 2 heterocycles. The van der Waals surface area contributed by atoms with Crippen molar-refractivity contribution in [1.82, 2.24) is 14.9 Å². The molecule has 1 aliphatic heterocycles.